The van der Waals surface area contributed by atoms with E-state index in [4.69, 9.17) is 9.47 Å². The maximum atomic E-state index is 12.5. The van der Waals surface area contributed by atoms with Gasteiger partial charge in [0.15, 0.2) is 0 Å². The van der Waals surface area contributed by atoms with Crippen molar-refractivity contribution < 1.29 is 19.1 Å². The molecule has 1 amide bonds. The van der Waals surface area contributed by atoms with Crippen LogP contribution in [0.1, 0.15) is 39.2 Å². The van der Waals surface area contributed by atoms with E-state index in [1.54, 1.807) is 11.8 Å². The van der Waals surface area contributed by atoms with Crippen molar-refractivity contribution in [2.24, 2.45) is 5.92 Å². The highest BCUT2D eigenvalue weighted by atomic mass is 16.6. The molecule has 1 saturated heterocycles. The highest BCUT2D eigenvalue weighted by molar-refractivity contribution is 5.87. The minimum absolute atomic E-state index is 0.0340. The van der Waals surface area contributed by atoms with Crippen molar-refractivity contribution in [1.29, 1.82) is 0 Å². The molecule has 0 radical (unpaired) electrons. The summed E-state index contributed by atoms with van der Waals surface area (Å²) >= 11 is 0. The lowest BCUT2D eigenvalue weighted by atomic mass is 9.84. The number of hydrogen-bond acceptors (Lipinski definition) is 4. The van der Waals surface area contributed by atoms with E-state index in [9.17, 15) is 9.59 Å². The molecule has 5 heteroatoms. The second-order valence-electron chi connectivity index (χ2n) is 6.09. The van der Waals surface area contributed by atoms with Crippen LogP contribution in [0, 0.1) is 5.92 Å². The molecule has 5 nitrogen and oxygen atoms in total. The van der Waals surface area contributed by atoms with Gasteiger partial charge >= 0.3 is 12.1 Å². The predicted octanol–water partition coefficient (Wildman–Crippen LogP) is 3.38. The van der Waals surface area contributed by atoms with E-state index in [0.29, 0.717) is 19.6 Å². The van der Waals surface area contributed by atoms with Gasteiger partial charge in [-0.2, -0.15) is 0 Å². The van der Waals surface area contributed by atoms with Gasteiger partial charge in [-0.25, -0.2) is 9.59 Å². The molecule has 1 fully saturated rings. The number of rotatable bonds is 5. The van der Waals surface area contributed by atoms with E-state index >= 15 is 0 Å². The van der Waals surface area contributed by atoms with Crippen LogP contribution >= 0.6 is 0 Å². The molecule has 1 atom stereocenters. The van der Waals surface area contributed by atoms with Crippen LogP contribution in [0.4, 0.5) is 4.79 Å². The highest BCUT2D eigenvalue weighted by Gasteiger charge is 2.53. The molecule has 0 spiro atoms. The molecule has 2 rings (SSSR count). The van der Waals surface area contributed by atoms with Gasteiger partial charge in [0.25, 0.3) is 0 Å². The van der Waals surface area contributed by atoms with E-state index in [1.165, 1.54) is 0 Å². The fourth-order valence-electron chi connectivity index (χ4n) is 3.20. The molecule has 0 aliphatic carbocycles. The molecule has 1 aromatic carbocycles. The van der Waals surface area contributed by atoms with Crippen LogP contribution in [-0.4, -0.2) is 35.7 Å². The lowest BCUT2D eigenvalue weighted by Gasteiger charge is -2.38. The van der Waals surface area contributed by atoms with Crippen LogP contribution in [0.2, 0.25) is 0 Å². The van der Waals surface area contributed by atoms with E-state index in [2.05, 4.69) is 0 Å². The molecule has 0 N–H and O–H groups in total. The Kier molecular flexibility index (Phi) is 5.64. The summed E-state index contributed by atoms with van der Waals surface area (Å²) in [5.41, 5.74) is 0.00961. The molecule has 23 heavy (non-hydrogen) atoms. The van der Waals surface area contributed by atoms with Gasteiger partial charge in [0, 0.05) is 6.54 Å². The van der Waals surface area contributed by atoms with E-state index in [0.717, 1.165) is 12.0 Å². The van der Waals surface area contributed by atoms with Crippen molar-refractivity contribution in [3.63, 3.8) is 0 Å². The number of likely N-dealkylation sites (tertiary alicyclic amines) is 1. The first kappa shape index (κ1) is 17.3. The Bertz CT molecular complexity index is 543. The van der Waals surface area contributed by atoms with E-state index < -0.39 is 11.6 Å². The van der Waals surface area contributed by atoms with Gasteiger partial charge in [0.1, 0.15) is 12.1 Å². The van der Waals surface area contributed by atoms with E-state index in [-0.39, 0.29) is 18.5 Å². The number of carbonyl (C=O) groups excluding carboxylic acids is 2. The number of nitrogens with zero attached hydrogens (tertiary/aromatic N) is 1. The average Bonchev–Trinajstić information content (AvgIpc) is 3.00. The highest BCUT2D eigenvalue weighted by Crippen LogP contribution is 2.37. The molecule has 0 aromatic heterocycles. The summed E-state index contributed by atoms with van der Waals surface area (Å²) in [4.78, 5) is 26.6. The Morgan fingerprint density at radius 3 is 2.52 bits per heavy atom. The zero-order chi connectivity index (χ0) is 16.9. The van der Waals surface area contributed by atoms with Gasteiger partial charge in [-0.1, -0.05) is 44.2 Å². The summed E-state index contributed by atoms with van der Waals surface area (Å²) in [6, 6.07) is 9.51. The minimum atomic E-state index is -0.913. The largest absolute Gasteiger partial charge is 0.464 e. The lowest BCUT2D eigenvalue weighted by molar-refractivity contribution is -0.158. The van der Waals surface area contributed by atoms with Gasteiger partial charge in [0.05, 0.1) is 6.61 Å². The summed E-state index contributed by atoms with van der Waals surface area (Å²) in [6.45, 7) is 6.69. The van der Waals surface area contributed by atoms with Crippen LogP contribution in [0.15, 0.2) is 30.3 Å². The van der Waals surface area contributed by atoms with Gasteiger partial charge in [-0.3, -0.25) is 4.90 Å². The average molecular weight is 319 g/mol. The van der Waals surface area contributed by atoms with Crippen LogP contribution in [0.25, 0.3) is 0 Å². The fraction of sp³-hybridized carbons (Fsp3) is 0.556. The minimum Gasteiger partial charge on any atom is -0.464 e. The maximum absolute atomic E-state index is 12.5. The summed E-state index contributed by atoms with van der Waals surface area (Å²) in [7, 11) is 0. The summed E-state index contributed by atoms with van der Waals surface area (Å²) in [5.74, 6) is -0.363. The quantitative estimate of drug-likeness (QED) is 0.781. The zero-order valence-corrected chi connectivity index (χ0v) is 14.1. The summed E-state index contributed by atoms with van der Waals surface area (Å²) in [6.07, 6.45) is 0.939. The first-order chi connectivity index (χ1) is 11.0. The van der Waals surface area contributed by atoms with Crippen molar-refractivity contribution >= 4 is 12.1 Å². The van der Waals surface area contributed by atoms with Crippen molar-refractivity contribution in [3.05, 3.63) is 35.9 Å². The first-order valence-electron chi connectivity index (χ1n) is 8.18. The Hall–Kier alpha value is -2.04. The number of hydrogen-bond donors (Lipinski definition) is 0. The number of esters is 1. The Balaban J connectivity index is 2.12. The zero-order valence-electron chi connectivity index (χ0n) is 14.1. The van der Waals surface area contributed by atoms with Crippen molar-refractivity contribution in [2.75, 3.05) is 13.2 Å². The number of amides is 1. The molecule has 1 aromatic rings. The van der Waals surface area contributed by atoms with Gasteiger partial charge in [-0.15, -0.1) is 0 Å². The summed E-state index contributed by atoms with van der Waals surface area (Å²) < 4.78 is 10.7. The van der Waals surface area contributed by atoms with Crippen LogP contribution in [0.3, 0.4) is 0 Å². The SMILES string of the molecule is CCOC(=O)[C@@]1(C(C)C)CCCN1C(=O)OCc1ccccc1. The molecule has 0 unspecified atom stereocenters. The third-order valence-electron chi connectivity index (χ3n) is 4.43. The molecular formula is C18H25NO4. The second kappa shape index (κ2) is 7.49. The van der Waals surface area contributed by atoms with Gasteiger partial charge < -0.3 is 9.47 Å². The Labute approximate surface area is 137 Å². The van der Waals surface area contributed by atoms with Gasteiger partial charge in [-0.05, 0) is 31.2 Å². The molecule has 1 heterocycles. The van der Waals surface area contributed by atoms with Crippen molar-refractivity contribution in [1.82, 2.24) is 4.90 Å². The van der Waals surface area contributed by atoms with Crippen LogP contribution < -0.4 is 0 Å². The lowest BCUT2D eigenvalue weighted by Crippen LogP contribution is -2.57. The smallest absolute Gasteiger partial charge is 0.411 e. The Morgan fingerprint density at radius 1 is 1.22 bits per heavy atom. The Morgan fingerprint density at radius 2 is 1.91 bits per heavy atom. The summed E-state index contributed by atoms with van der Waals surface area (Å²) in [5, 5.41) is 0. The molecule has 1 aliphatic heterocycles. The second-order valence-corrected chi connectivity index (χ2v) is 6.09. The monoisotopic (exact) mass is 319 g/mol. The van der Waals surface area contributed by atoms with Crippen LogP contribution in [0.5, 0.6) is 0 Å². The normalized spacial score (nSPS) is 20.6. The number of benzene rings is 1. The molecule has 0 bridgehead atoms. The topological polar surface area (TPSA) is 55.8 Å². The maximum Gasteiger partial charge on any atom is 0.411 e. The molecule has 1 aliphatic rings. The fourth-order valence-corrected chi connectivity index (χ4v) is 3.20. The van der Waals surface area contributed by atoms with Crippen molar-refractivity contribution in [2.45, 2.75) is 45.8 Å². The molecule has 0 saturated carbocycles. The number of carbonyl (C=O) groups is 2. The molecular weight excluding hydrogens is 294 g/mol. The standard InChI is InChI=1S/C18H25NO4/c1-4-22-16(20)18(14(2)3)11-8-12-19(18)17(21)23-13-15-9-6-5-7-10-15/h5-7,9-10,14H,4,8,11-13H2,1-3H3/t18-/m0/s1. The van der Waals surface area contributed by atoms with E-state index in [1.807, 2.05) is 44.2 Å². The van der Waals surface area contributed by atoms with Gasteiger partial charge in [0.2, 0.25) is 0 Å². The molecule has 126 valence electrons. The predicted molar refractivity (Wildman–Crippen MR) is 86.8 cm³/mol. The third-order valence-corrected chi connectivity index (χ3v) is 4.43. The first-order valence-corrected chi connectivity index (χ1v) is 8.18. The van der Waals surface area contributed by atoms with Crippen molar-refractivity contribution in [3.8, 4) is 0 Å². The number of ether oxygens (including phenoxy) is 2. The van der Waals surface area contributed by atoms with Crippen LogP contribution in [-0.2, 0) is 20.9 Å². The third kappa shape index (κ3) is 3.49.